The molecule has 2 rings (SSSR count). The van der Waals surface area contributed by atoms with Gasteiger partial charge in [0.25, 0.3) is 0 Å². The Labute approximate surface area is 129 Å². The molecule has 22 heavy (non-hydrogen) atoms. The van der Waals surface area contributed by atoms with Gasteiger partial charge in [0.1, 0.15) is 0 Å². The molecule has 1 atom stereocenters. The van der Waals surface area contributed by atoms with E-state index in [0.29, 0.717) is 6.42 Å². The number of hydrazone groups is 2. The van der Waals surface area contributed by atoms with Crippen LogP contribution >= 0.6 is 0 Å². The molecule has 116 valence electrons. The third kappa shape index (κ3) is 4.00. The largest absolute Gasteiger partial charge is 0.273 e. The van der Waals surface area contributed by atoms with Crippen LogP contribution in [0.1, 0.15) is 37.8 Å². The average molecular weight is 300 g/mol. The van der Waals surface area contributed by atoms with Crippen LogP contribution in [0.5, 0.6) is 0 Å². The summed E-state index contributed by atoms with van der Waals surface area (Å²) in [5, 5.41) is 7.95. The molecule has 0 spiro atoms. The Morgan fingerprint density at radius 1 is 1.32 bits per heavy atom. The van der Waals surface area contributed by atoms with Crippen molar-refractivity contribution >= 4 is 23.2 Å². The summed E-state index contributed by atoms with van der Waals surface area (Å²) in [6.45, 7) is 5.63. The molecule has 1 aromatic rings. The lowest BCUT2D eigenvalue weighted by Gasteiger charge is -2.07. The fourth-order valence-corrected chi connectivity index (χ4v) is 2.17. The van der Waals surface area contributed by atoms with Crippen LogP contribution in [-0.2, 0) is 9.59 Å². The zero-order chi connectivity index (χ0) is 16.1. The summed E-state index contributed by atoms with van der Waals surface area (Å²) in [6.07, 6.45) is 0.668. The molecule has 0 bridgehead atoms. The zero-order valence-electron chi connectivity index (χ0n) is 13.0. The first-order valence-corrected chi connectivity index (χ1v) is 7.21. The first-order valence-electron chi connectivity index (χ1n) is 7.21. The highest BCUT2D eigenvalue weighted by atomic mass is 16.2. The van der Waals surface area contributed by atoms with E-state index in [-0.39, 0.29) is 24.2 Å². The number of rotatable bonds is 5. The van der Waals surface area contributed by atoms with E-state index < -0.39 is 0 Å². The summed E-state index contributed by atoms with van der Waals surface area (Å²) in [5.41, 5.74) is 8.53. The smallest absolute Gasteiger partial charge is 0.248 e. The monoisotopic (exact) mass is 300 g/mol. The predicted molar refractivity (Wildman–Crippen MR) is 85.5 cm³/mol. The Balaban J connectivity index is 1.84. The van der Waals surface area contributed by atoms with Crippen LogP contribution in [0.2, 0.25) is 0 Å². The summed E-state index contributed by atoms with van der Waals surface area (Å²) < 4.78 is 0. The molecule has 0 aromatic heterocycles. The molecule has 2 N–H and O–H groups in total. The maximum atomic E-state index is 11.8. The molecule has 6 heteroatoms. The van der Waals surface area contributed by atoms with Crippen LogP contribution in [0.4, 0.5) is 0 Å². The van der Waals surface area contributed by atoms with E-state index in [4.69, 9.17) is 0 Å². The third-order valence-corrected chi connectivity index (χ3v) is 3.64. The standard InChI is InChI=1S/C16H20N4O2/c1-10-4-6-13(7-5-10)11(2)17-19-15(21)9-8-14-12(3)18-20-16(14)22/h4-7,14H,8-9H2,1-3H3,(H,19,21)(H,20,22)/b17-11-/t14-/m1/s1. The number of amides is 2. The Bertz CT molecular complexity index is 632. The van der Waals surface area contributed by atoms with E-state index in [1.807, 2.05) is 38.1 Å². The minimum atomic E-state index is -0.312. The van der Waals surface area contributed by atoms with Gasteiger partial charge >= 0.3 is 0 Å². The molecule has 0 fully saturated rings. The summed E-state index contributed by atoms with van der Waals surface area (Å²) in [7, 11) is 0. The molecule has 1 aliphatic rings. The number of aryl methyl sites for hydroxylation is 1. The van der Waals surface area contributed by atoms with Gasteiger partial charge in [-0.25, -0.2) is 10.9 Å². The Kier molecular flexibility index (Phi) is 5.04. The highest BCUT2D eigenvalue weighted by Crippen LogP contribution is 2.13. The molecule has 1 aliphatic heterocycles. The predicted octanol–water partition coefficient (Wildman–Crippen LogP) is 1.74. The fraction of sp³-hybridized carbons (Fsp3) is 0.375. The molecule has 0 unspecified atom stereocenters. The number of hydrogen-bond acceptors (Lipinski definition) is 4. The second-order valence-corrected chi connectivity index (χ2v) is 5.42. The first-order chi connectivity index (χ1) is 10.5. The van der Waals surface area contributed by atoms with Crippen LogP contribution in [-0.4, -0.2) is 23.2 Å². The summed E-state index contributed by atoms with van der Waals surface area (Å²) in [4.78, 5) is 23.3. The molecular weight excluding hydrogens is 280 g/mol. The lowest BCUT2D eigenvalue weighted by molar-refractivity contribution is -0.123. The second-order valence-electron chi connectivity index (χ2n) is 5.42. The quantitative estimate of drug-likeness (QED) is 0.641. The van der Waals surface area contributed by atoms with Gasteiger partial charge < -0.3 is 0 Å². The van der Waals surface area contributed by atoms with Crippen molar-refractivity contribution in [3.8, 4) is 0 Å². The molecule has 6 nitrogen and oxygen atoms in total. The van der Waals surface area contributed by atoms with E-state index in [2.05, 4.69) is 21.1 Å². The molecule has 0 aliphatic carbocycles. The van der Waals surface area contributed by atoms with Crippen LogP contribution < -0.4 is 10.9 Å². The van der Waals surface area contributed by atoms with Gasteiger partial charge in [-0.1, -0.05) is 29.8 Å². The Morgan fingerprint density at radius 2 is 2.00 bits per heavy atom. The Hall–Kier alpha value is -2.50. The van der Waals surface area contributed by atoms with E-state index in [1.165, 1.54) is 5.56 Å². The number of carbonyl (C=O) groups is 2. The van der Waals surface area contributed by atoms with Crippen molar-refractivity contribution in [1.29, 1.82) is 0 Å². The minimum Gasteiger partial charge on any atom is -0.273 e. The van der Waals surface area contributed by atoms with Crippen molar-refractivity contribution in [2.24, 2.45) is 16.1 Å². The second kappa shape index (κ2) is 6.98. The van der Waals surface area contributed by atoms with Crippen molar-refractivity contribution in [2.45, 2.75) is 33.6 Å². The van der Waals surface area contributed by atoms with Crippen molar-refractivity contribution < 1.29 is 9.59 Å². The van der Waals surface area contributed by atoms with Gasteiger partial charge in [-0.05, 0) is 32.8 Å². The van der Waals surface area contributed by atoms with Crippen LogP contribution in [0.25, 0.3) is 0 Å². The summed E-state index contributed by atoms with van der Waals surface area (Å²) in [6, 6.07) is 7.92. The van der Waals surface area contributed by atoms with Crippen molar-refractivity contribution in [2.75, 3.05) is 0 Å². The number of nitrogens with zero attached hydrogens (tertiary/aromatic N) is 2. The number of benzene rings is 1. The normalized spacial score (nSPS) is 18.0. The SMILES string of the molecule is CC1=NNC(=O)[C@@H]1CCC(=O)N/N=C(/C)c1ccc(C)cc1. The van der Waals surface area contributed by atoms with Gasteiger partial charge in [-0.15, -0.1) is 0 Å². The molecular formula is C16H20N4O2. The molecule has 1 heterocycles. The van der Waals surface area contributed by atoms with Gasteiger partial charge in [0, 0.05) is 12.1 Å². The van der Waals surface area contributed by atoms with E-state index in [1.54, 1.807) is 6.92 Å². The molecule has 0 saturated heterocycles. The van der Waals surface area contributed by atoms with Gasteiger partial charge in [0.05, 0.1) is 11.6 Å². The van der Waals surface area contributed by atoms with Crippen LogP contribution in [0.15, 0.2) is 34.5 Å². The lowest BCUT2D eigenvalue weighted by Crippen LogP contribution is -2.25. The van der Waals surface area contributed by atoms with Gasteiger partial charge in [-0.2, -0.15) is 10.2 Å². The van der Waals surface area contributed by atoms with Crippen molar-refractivity contribution in [1.82, 2.24) is 10.9 Å². The average Bonchev–Trinajstić information content (AvgIpc) is 2.82. The van der Waals surface area contributed by atoms with Crippen LogP contribution in [0, 0.1) is 12.8 Å². The summed E-state index contributed by atoms with van der Waals surface area (Å²) in [5.74, 6) is -0.670. The fourth-order valence-electron chi connectivity index (χ4n) is 2.17. The Morgan fingerprint density at radius 3 is 2.59 bits per heavy atom. The van der Waals surface area contributed by atoms with E-state index in [9.17, 15) is 9.59 Å². The summed E-state index contributed by atoms with van der Waals surface area (Å²) >= 11 is 0. The third-order valence-electron chi connectivity index (χ3n) is 3.64. The molecule has 1 aromatic carbocycles. The van der Waals surface area contributed by atoms with Crippen molar-refractivity contribution in [3.63, 3.8) is 0 Å². The molecule has 0 saturated carbocycles. The van der Waals surface area contributed by atoms with Gasteiger partial charge in [0.15, 0.2) is 0 Å². The zero-order valence-corrected chi connectivity index (χ0v) is 13.0. The highest BCUT2D eigenvalue weighted by Gasteiger charge is 2.26. The minimum absolute atomic E-state index is 0.148. The highest BCUT2D eigenvalue weighted by molar-refractivity contribution is 6.07. The molecule has 0 radical (unpaired) electrons. The van der Waals surface area contributed by atoms with Crippen molar-refractivity contribution in [3.05, 3.63) is 35.4 Å². The lowest BCUT2D eigenvalue weighted by atomic mass is 9.99. The molecule has 2 amide bonds. The van der Waals surface area contributed by atoms with Gasteiger partial charge in [-0.3, -0.25) is 9.59 Å². The van der Waals surface area contributed by atoms with E-state index in [0.717, 1.165) is 17.0 Å². The van der Waals surface area contributed by atoms with Gasteiger partial charge in [0.2, 0.25) is 11.8 Å². The van der Waals surface area contributed by atoms with Crippen LogP contribution in [0.3, 0.4) is 0 Å². The first kappa shape index (κ1) is 15.9. The van der Waals surface area contributed by atoms with E-state index >= 15 is 0 Å². The number of hydrogen-bond donors (Lipinski definition) is 2. The number of nitrogens with one attached hydrogen (secondary N) is 2. The maximum absolute atomic E-state index is 11.8. The number of carbonyl (C=O) groups excluding carboxylic acids is 2. The topological polar surface area (TPSA) is 82.9 Å². The maximum Gasteiger partial charge on any atom is 0.248 e.